The van der Waals surface area contributed by atoms with Crippen molar-refractivity contribution >= 4 is 0 Å². The number of nitro groups is 1. The van der Waals surface area contributed by atoms with Crippen LogP contribution in [0.3, 0.4) is 0 Å². The highest BCUT2D eigenvalue weighted by molar-refractivity contribution is 3.91. The minimum Gasteiger partial charge on any atom is -0.390 e. The highest BCUT2D eigenvalue weighted by Gasteiger charge is 1.97. The van der Waals surface area contributed by atoms with Crippen LogP contribution in [0.1, 0.15) is 0 Å². The maximum atomic E-state index is 9.12. The average Bonchev–Trinajstić information content (AvgIpc) is 1.27. The summed E-state index contributed by atoms with van der Waals surface area (Å²) in [6.45, 7) is 0. The van der Waals surface area contributed by atoms with Crippen LogP contribution in [0.25, 0.3) is 0 Å². The molecule has 0 radical (unpaired) electrons. The molecule has 0 saturated heterocycles. The van der Waals surface area contributed by atoms with Crippen molar-refractivity contribution < 1.29 is 15.3 Å². The lowest BCUT2D eigenvalue weighted by Crippen LogP contribution is -1.95. The maximum Gasteiger partial charge on any atom is 0.399 e. The Morgan fingerprint density at radius 1 is 1.57 bits per heavy atom. The van der Waals surface area contributed by atoms with Gasteiger partial charge in [0.25, 0.3) is 5.03 Å². The van der Waals surface area contributed by atoms with Crippen LogP contribution in [0.15, 0.2) is 5.22 Å². The third-order valence-corrected chi connectivity index (χ3v) is 0.150. The monoisotopic (exact) mass is 107 g/mol. The van der Waals surface area contributed by atoms with Gasteiger partial charge in [-0.05, 0) is 0 Å². The number of hydrogen-bond acceptors (Lipinski definition) is 3. The summed E-state index contributed by atoms with van der Waals surface area (Å²) in [7, 11) is 0. The fourth-order valence-electron chi connectivity index (χ4n) is 0.0625. The standard InChI is InChI=1S/HN3O4/c4-2(5)1-3(6)7/h(H,1,4,5). The van der Waals surface area contributed by atoms with Crippen molar-refractivity contribution in [2.75, 3.05) is 0 Å². The van der Waals surface area contributed by atoms with E-state index in [1.807, 2.05) is 5.22 Å². The molecule has 40 valence electrons. The molecule has 0 saturated carbocycles. The van der Waals surface area contributed by atoms with Crippen LogP contribution >= 0.6 is 0 Å². The van der Waals surface area contributed by atoms with Gasteiger partial charge in [-0.25, -0.2) is 15.3 Å². The van der Waals surface area contributed by atoms with Gasteiger partial charge in [0.1, 0.15) is 0 Å². The van der Waals surface area contributed by atoms with Gasteiger partial charge in [-0.3, -0.25) is 0 Å². The SMILES string of the molecule is O=[N+]([O-])N=[N+]([O-])O. The van der Waals surface area contributed by atoms with E-state index in [0.717, 1.165) is 0 Å². The quantitative estimate of drug-likeness (QED) is 0.278. The summed E-state index contributed by atoms with van der Waals surface area (Å²) in [5, 5.41) is 25.0. The first-order chi connectivity index (χ1) is 3.13. The van der Waals surface area contributed by atoms with E-state index in [9.17, 15) is 0 Å². The molecule has 0 aliphatic heterocycles. The van der Waals surface area contributed by atoms with Gasteiger partial charge in [0.2, 0.25) is 5.02 Å². The van der Waals surface area contributed by atoms with Gasteiger partial charge in [0.05, 0.1) is 0 Å². The lowest BCUT2D eigenvalue weighted by atomic mass is 12.5. The fraction of sp³-hybridized carbons (Fsp3) is 0. The Bertz CT molecular complexity index is 99.5. The summed E-state index contributed by atoms with van der Waals surface area (Å²) in [6.07, 6.45) is 0. The van der Waals surface area contributed by atoms with Crippen molar-refractivity contribution in [3.05, 3.63) is 15.3 Å². The number of hydrogen-bond donors (Lipinski definition) is 1. The van der Waals surface area contributed by atoms with Crippen LogP contribution < -0.4 is 0 Å². The number of nitrogens with zero attached hydrogens (tertiary/aromatic N) is 3. The maximum absolute atomic E-state index is 9.12. The summed E-state index contributed by atoms with van der Waals surface area (Å²) >= 11 is 0. The molecule has 0 fully saturated rings. The van der Waals surface area contributed by atoms with Crippen LogP contribution in [0.4, 0.5) is 0 Å². The van der Waals surface area contributed by atoms with Gasteiger partial charge in [0, 0.05) is 0 Å². The molecule has 0 aliphatic carbocycles. The molecule has 0 aromatic heterocycles. The minimum absolute atomic E-state index is 1.12. The second-order valence-corrected chi connectivity index (χ2v) is 0.580. The smallest absolute Gasteiger partial charge is 0.390 e. The third-order valence-electron chi connectivity index (χ3n) is 0.150. The molecule has 1 N–H and O–H groups in total. The van der Waals surface area contributed by atoms with E-state index in [1.54, 1.807) is 0 Å². The van der Waals surface area contributed by atoms with Crippen LogP contribution in [-0.2, 0) is 0 Å². The van der Waals surface area contributed by atoms with E-state index in [0.29, 0.717) is 0 Å². The zero-order valence-electron chi connectivity index (χ0n) is 3.01. The molecule has 0 spiro atoms. The molecule has 0 aliphatic rings. The van der Waals surface area contributed by atoms with Crippen molar-refractivity contribution in [3.8, 4) is 0 Å². The molecule has 7 heavy (non-hydrogen) atoms. The largest absolute Gasteiger partial charge is 0.399 e. The zero-order chi connectivity index (χ0) is 5.86. The summed E-state index contributed by atoms with van der Waals surface area (Å²) in [6, 6.07) is 0. The Morgan fingerprint density at radius 2 is 2.00 bits per heavy atom. The summed E-state index contributed by atoms with van der Waals surface area (Å²) in [5.41, 5.74) is 0. The molecule has 0 aromatic carbocycles. The Labute approximate surface area is 37.2 Å². The van der Waals surface area contributed by atoms with Gasteiger partial charge in [-0.15, -0.1) is 0 Å². The predicted molar refractivity (Wildman–Crippen MR) is 14.8 cm³/mol. The van der Waals surface area contributed by atoms with Gasteiger partial charge in [-0.2, -0.15) is 0 Å². The Hall–Kier alpha value is -1.40. The first kappa shape index (κ1) is 5.60. The molecule has 0 rings (SSSR count). The summed E-state index contributed by atoms with van der Waals surface area (Å²) < 4.78 is 0. The molecule has 0 amide bonds. The van der Waals surface area contributed by atoms with E-state index in [2.05, 4.69) is 0 Å². The predicted octanol–water partition coefficient (Wildman–Crippen LogP) is -0.470. The van der Waals surface area contributed by atoms with Crippen molar-refractivity contribution in [1.29, 1.82) is 0 Å². The van der Waals surface area contributed by atoms with Crippen LogP contribution in [0.5, 0.6) is 0 Å². The second-order valence-electron chi connectivity index (χ2n) is 0.580. The van der Waals surface area contributed by atoms with Gasteiger partial charge < -0.3 is 5.21 Å². The molecule has 0 bridgehead atoms. The number of rotatable bonds is 1. The highest BCUT2D eigenvalue weighted by atomic mass is 16.8. The molecular formula is HN3O4. The Balaban J connectivity index is 3.68. The van der Waals surface area contributed by atoms with E-state index >= 15 is 0 Å². The fourth-order valence-corrected chi connectivity index (χ4v) is 0.0625. The van der Waals surface area contributed by atoms with Crippen LogP contribution in [-0.4, -0.2) is 15.3 Å². The molecule has 0 unspecified atom stereocenters. The first-order valence-electron chi connectivity index (χ1n) is 1.15. The van der Waals surface area contributed by atoms with Crippen molar-refractivity contribution in [2.45, 2.75) is 0 Å². The normalized spacial score (nSPS) is 11.1. The minimum atomic E-state index is -1.31. The molecule has 0 heterocycles. The van der Waals surface area contributed by atoms with Gasteiger partial charge in [-0.1, -0.05) is 0 Å². The average molecular weight is 107 g/mol. The van der Waals surface area contributed by atoms with Crippen LogP contribution in [0, 0.1) is 15.3 Å². The second kappa shape index (κ2) is 1.90. The summed E-state index contributed by atoms with van der Waals surface area (Å²) in [5.74, 6) is 0. The third kappa shape index (κ3) is 4.60. The Kier molecular flexibility index (Phi) is 1.52. The van der Waals surface area contributed by atoms with Gasteiger partial charge in [0.15, 0.2) is 0 Å². The molecule has 7 nitrogen and oxygen atoms in total. The van der Waals surface area contributed by atoms with E-state index in [1.165, 1.54) is 0 Å². The van der Waals surface area contributed by atoms with Crippen molar-refractivity contribution in [1.82, 2.24) is 0 Å². The first-order valence-corrected chi connectivity index (χ1v) is 1.15. The van der Waals surface area contributed by atoms with Crippen molar-refractivity contribution in [3.63, 3.8) is 0 Å². The zero-order valence-corrected chi connectivity index (χ0v) is 3.01. The molecule has 0 atom stereocenters. The highest BCUT2D eigenvalue weighted by Crippen LogP contribution is 1.67. The van der Waals surface area contributed by atoms with E-state index < -0.39 is 10.1 Å². The van der Waals surface area contributed by atoms with E-state index in [-0.39, 0.29) is 0 Å². The van der Waals surface area contributed by atoms with Gasteiger partial charge >= 0.3 is 5.22 Å². The molecular weight excluding hydrogens is 106 g/mol. The lowest BCUT2D eigenvalue weighted by Gasteiger charge is -1.70. The molecule has 0 aromatic rings. The molecule has 7 heteroatoms. The summed E-state index contributed by atoms with van der Waals surface area (Å²) in [4.78, 5) is 9.05. The van der Waals surface area contributed by atoms with Crippen molar-refractivity contribution in [2.24, 2.45) is 5.22 Å². The van der Waals surface area contributed by atoms with Crippen LogP contribution in [0.2, 0.25) is 0 Å². The topological polar surface area (TPSA) is 102 Å². The Morgan fingerprint density at radius 3 is 2.00 bits per heavy atom. The van der Waals surface area contributed by atoms with E-state index in [4.69, 9.17) is 20.5 Å². The lowest BCUT2D eigenvalue weighted by molar-refractivity contribution is -0.838.